The number of carboxylic acids is 1. The highest BCUT2D eigenvalue weighted by Crippen LogP contribution is 2.20. The van der Waals surface area contributed by atoms with Gasteiger partial charge in [0.1, 0.15) is 12.1 Å². The average molecular weight is 450 g/mol. The van der Waals surface area contributed by atoms with Crippen LogP contribution in [-0.4, -0.2) is 56.7 Å². The molecule has 8 N–H and O–H groups in total. The van der Waals surface area contributed by atoms with E-state index in [2.05, 4.69) is 28.2 Å². The fourth-order valence-corrected chi connectivity index (χ4v) is 3.32. The predicted octanol–water partition coefficient (Wildman–Crippen LogP) is -0.324. The van der Waals surface area contributed by atoms with Crippen LogP contribution in [0.25, 0.3) is 10.9 Å². The van der Waals surface area contributed by atoms with Gasteiger partial charge in [0.15, 0.2) is 0 Å². The van der Waals surface area contributed by atoms with E-state index >= 15 is 0 Å². The molecular formula is C20H27N5O5S. The van der Waals surface area contributed by atoms with Gasteiger partial charge in [0.2, 0.25) is 17.7 Å². The number of hydrogen-bond acceptors (Lipinski definition) is 6. The zero-order valence-corrected chi connectivity index (χ0v) is 18.1. The Morgan fingerprint density at radius 1 is 1.16 bits per heavy atom. The minimum atomic E-state index is -1.34. The van der Waals surface area contributed by atoms with Crippen molar-refractivity contribution in [3.8, 4) is 0 Å². The number of amides is 3. The minimum absolute atomic E-state index is 0.0693. The summed E-state index contributed by atoms with van der Waals surface area (Å²) >= 11 is 4.32. The summed E-state index contributed by atoms with van der Waals surface area (Å²) in [5.74, 6) is -3.51. The summed E-state index contributed by atoms with van der Waals surface area (Å²) in [6.45, 7) is 3.23. The molecule has 10 nitrogen and oxygen atoms in total. The first kappa shape index (κ1) is 24.2. The van der Waals surface area contributed by atoms with Crippen molar-refractivity contribution < 1.29 is 24.3 Å². The van der Waals surface area contributed by atoms with Gasteiger partial charge >= 0.3 is 5.97 Å². The number of thiol groups is 1. The van der Waals surface area contributed by atoms with Crippen LogP contribution in [0.3, 0.4) is 0 Å². The first-order chi connectivity index (χ1) is 14.4. The maximum Gasteiger partial charge on any atom is 0.305 e. The van der Waals surface area contributed by atoms with Crippen LogP contribution in [0.1, 0.15) is 25.8 Å². The molecule has 0 aliphatic carbocycles. The van der Waals surface area contributed by atoms with Crippen molar-refractivity contribution in [1.29, 1.82) is 0 Å². The number of aromatic nitrogens is 1. The maximum atomic E-state index is 13.0. The maximum absolute atomic E-state index is 13.0. The largest absolute Gasteiger partial charge is 0.481 e. The molecule has 1 aromatic carbocycles. The van der Waals surface area contributed by atoms with E-state index < -0.39 is 53.0 Å². The Bertz CT molecular complexity index is 984. The van der Waals surface area contributed by atoms with E-state index in [1.54, 1.807) is 20.0 Å². The van der Waals surface area contributed by atoms with Crippen LogP contribution in [0.2, 0.25) is 0 Å². The zero-order chi connectivity index (χ0) is 23.3. The van der Waals surface area contributed by atoms with E-state index in [4.69, 9.17) is 16.6 Å². The molecule has 1 heterocycles. The second-order valence-electron chi connectivity index (χ2n) is 7.83. The topological polar surface area (TPSA) is 180 Å². The number of carboxylic acid groups (broad SMARTS) is 1. The SMILES string of the molecule is CC(C)(S)[C@H](NC(=O)[C@H](Cc1c[nH]c2ccccc12)NC(=O)[C@@H](N)CC(=O)O)C(N)=O. The highest BCUT2D eigenvalue weighted by molar-refractivity contribution is 7.81. The van der Waals surface area contributed by atoms with E-state index in [-0.39, 0.29) is 6.42 Å². The van der Waals surface area contributed by atoms with E-state index in [1.807, 2.05) is 24.3 Å². The third-order valence-electron chi connectivity index (χ3n) is 4.74. The summed E-state index contributed by atoms with van der Waals surface area (Å²) in [5, 5.41) is 14.7. The molecule has 0 fully saturated rings. The summed E-state index contributed by atoms with van der Waals surface area (Å²) in [4.78, 5) is 51.2. The summed E-state index contributed by atoms with van der Waals surface area (Å²) < 4.78 is -0.962. The number of primary amides is 1. The number of carbonyl (C=O) groups excluding carboxylic acids is 3. The Kier molecular flexibility index (Phi) is 7.69. The van der Waals surface area contributed by atoms with Crippen molar-refractivity contribution >= 4 is 47.2 Å². The molecule has 0 saturated carbocycles. The number of rotatable bonds is 10. The molecule has 2 rings (SSSR count). The molecule has 2 aromatic rings. The monoisotopic (exact) mass is 449 g/mol. The van der Waals surface area contributed by atoms with E-state index in [0.29, 0.717) is 0 Å². The summed E-state index contributed by atoms with van der Waals surface area (Å²) in [7, 11) is 0. The van der Waals surface area contributed by atoms with Gasteiger partial charge < -0.3 is 32.2 Å². The first-order valence-electron chi connectivity index (χ1n) is 9.55. The number of aromatic amines is 1. The molecule has 168 valence electrons. The molecule has 11 heteroatoms. The van der Waals surface area contributed by atoms with Crippen molar-refractivity contribution in [2.24, 2.45) is 11.5 Å². The Morgan fingerprint density at radius 2 is 1.81 bits per heavy atom. The van der Waals surface area contributed by atoms with Crippen LogP contribution < -0.4 is 22.1 Å². The normalized spacial score (nSPS) is 14.5. The summed E-state index contributed by atoms with van der Waals surface area (Å²) in [6.07, 6.45) is 1.18. The lowest BCUT2D eigenvalue weighted by molar-refractivity contribution is -0.139. The Hall–Kier alpha value is -3.05. The Balaban J connectivity index is 2.30. The third kappa shape index (κ3) is 6.46. The Morgan fingerprint density at radius 3 is 2.39 bits per heavy atom. The fraction of sp³-hybridized carbons (Fsp3) is 0.400. The molecule has 0 saturated heterocycles. The number of carbonyl (C=O) groups is 4. The Labute approximate surface area is 184 Å². The molecule has 3 atom stereocenters. The van der Waals surface area contributed by atoms with Gasteiger partial charge in [-0.05, 0) is 25.5 Å². The van der Waals surface area contributed by atoms with Crippen molar-refractivity contribution in [1.82, 2.24) is 15.6 Å². The highest BCUT2D eigenvalue weighted by Gasteiger charge is 2.35. The van der Waals surface area contributed by atoms with Crippen LogP contribution in [0.5, 0.6) is 0 Å². The number of benzene rings is 1. The smallest absolute Gasteiger partial charge is 0.305 e. The number of hydrogen-bond donors (Lipinski definition) is 7. The lowest BCUT2D eigenvalue weighted by Crippen LogP contribution is -2.60. The quantitative estimate of drug-likeness (QED) is 0.244. The van der Waals surface area contributed by atoms with Gasteiger partial charge in [-0.3, -0.25) is 19.2 Å². The van der Waals surface area contributed by atoms with Crippen molar-refractivity contribution in [3.63, 3.8) is 0 Å². The molecule has 0 aliphatic rings. The van der Waals surface area contributed by atoms with Crippen LogP contribution >= 0.6 is 12.6 Å². The molecule has 1 aromatic heterocycles. The van der Waals surface area contributed by atoms with Gasteiger partial charge in [-0.15, -0.1) is 0 Å². The number of nitrogens with two attached hydrogens (primary N) is 2. The van der Waals surface area contributed by atoms with Crippen LogP contribution in [0, 0.1) is 0 Å². The zero-order valence-electron chi connectivity index (χ0n) is 17.2. The summed E-state index contributed by atoms with van der Waals surface area (Å²) in [5.41, 5.74) is 12.6. The number of para-hydroxylation sites is 1. The van der Waals surface area contributed by atoms with Crippen LogP contribution in [0.4, 0.5) is 0 Å². The molecule has 0 spiro atoms. The second-order valence-corrected chi connectivity index (χ2v) is 8.98. The second kappa shape index (κ2) is 9.84. The standard InChI is InChI=1S/C20H27N5O5S/c1-20(2,31)16(17(22)28)25-19(30)14(24-18(29)12(21)8-15(26)27)7-10-9-23-13-6-4-3-5-11(10)13/h3-6,9,12,14,16,23,31H,7-8,21H2,1-2H3,(H2,22,28)(H,24,29)(H,25,30)(H,26,27)/t12-,14-,16+/m0/s1. The van der Waals surface area contributed by atoms with E-state index in [1.165, 1.54) is 0 Å². The lowest BCUT2D eigenvalue weighted by atomic mass is 10.00. The highest BCUT2D eigenvalue weighted by atomic mass is 32.1. The third-order valence-corrected chi connectivity index (χ3v) is 5.00. The van der Waals surface area contributed by atoms with E-state index in [9.17, 15) is 19.2 Å². The van der Waals surface area contributed by atoms with Gasteiger partial charge in [0, 0.05) is 28.3 Å². The van der Waals surface area contributed by atoms with Gasteiger partial charge in [-0.1, -0.05) is 18.2 Å². The number of aliphatic carboxylic acids is 1. The minimum Gasteiger partial charge on any atom is -0.481 e. The van der Waals surface area contributed by atoms with Gasteiger partial charge in [0.25, 0.3) is 0 Å². The fourth-order valence-electron chi connectivity index (χ4n) is 3.13. The molecule has 31 heavy (non-hydrogen) atoms. The molecule has 0 unspecified atom stereocenters. The molecule has 3 amide bonds. The lowest BCUT2D eigenvalue weighted by Gasteiger charge is -2.30. The van der Waals surface area contributed by atoms with Gasteiger partial charge in [-0.2, -0.15) is 12.6 Å². The molecule has 0 radical (unpaired) electrons. The van der Waals surface area contributed by atoms with Crippen molar-refractivity contribution in [2.75, 3.05) is 0 Å². The summed E-state index contributed by atoms with van der Waals surface area (Å²) in [6, 6.07) is 3.82. The van der Waals surface area contributed by atoms with Gasteiger partial charge in [-0.25, -0.2) is 0 Å². The van der Waals surface area contributed by atoms with Crippen molar-refractivity contribution in [3.05, 3.63) is 36.0 Å². The first-order valence-corrected chi connectivity index (χ1v) is 9.99. The van der Waals surface area contributed by atoms with E-state index in [0.717, 1.165) is 16.5 Å². The number of fused-ring (bicyclic) bond motifs is 1. The average Bonchev–Trinajstić information content (AvgIpc) is 3.06. The number of H-pyrrole nitrogens is 1. The van der Waals surface area contributed by atoms with Gasteiger partial charge in [0.05, 0.1) is 12.5 Å². The predicted molar refractivity (Wildman–Crippen MR) is 118 cm³/mol. The molecular weight excluding hydrogens is 422 g/mol. The van der Waals surface area contributed by atoms with Crippen molar-refractivity contribution in [2.45, 2.75) is 49.6 Å². The van der Waals surface area contributed by atoms with Crippen LogP contribution in [0.15, 0.2) is 30.5 Å². The molecule has 0 bridgehead atoms. The number of nitrogens with one attached hydrogen (secondary N) is 3. The molecule has 0 aliphatic heterocycles. The van der Waals surface area contributed by atoms with Crippen LogP contribution in [-0.2, 0) is 25.6 Å².